The molecule has 188 valence electrons. The van der Waals surface area contributed by atoms with Crippen LogP contribution in [0.1, 0.15) is 48.1 Å². The number of thioether (sulfide) groups is 1. The van der Waals surface area contributed by atoms with E-state index in [0.717, 1.165) is 32.6 Å². The van der Waals surface area contributed by atoms with Gasteiger partial charge in [-0.25, -0.2) is 0 Å². The van der Waals surface area contributed by atoms with Crippen molar-refractivity contribution in [2.45, 2.75) is 49.3 Å². The Bertz CT molecular complexity index is 1350. The van der Waals surface area contributed by atoms with Crippen LogP contribution in [0.15, 0.2) is 52.3 Å². The lowest BCUT2D eigenvalue weighted by atomic mass is 9.75. The quantitative estimate of drug-likeness (QED) is 0.409. The molecule has 2 aromatic carbocycles. The standard InChI is InChI=1S/C28H30N2O4S2/c1-3-33-21-13-17(10-11-20(21)34-14-22(31)29-19-7-5-4-6-15(19)2)24-23-16-8-9-18(12-16)25(23)35-27-26(24)36-28(32)30-27/h4-7,10-11,13,16,18,23-25H,3,8-9,12,14H2,1-2H3,(H,29,31)(H,30,32)/t16?,18?,23?,24-,25?/m1/s1. The van der Waals surface area contributed by atoms with Gasteiger partial charge in [0.2, 0.25) is 0 Å². The molecule has 0 saturated heterocycles. The van der Waals surface area contributed by atoms with Crippen molar-refractivity contribution in [3.05, 3.63) is 68.1 Å². The number of aryl methyl sites for hydroxylation is 1. The number of fused-ring (bicyclic) bond motifs is 6. The summed E-state index contributed by atoms with van der Waals surface area (Å²) in [5, 5.41) is 4.52. The normalized spacial score (nSPS) is 25.8. The van der Waals surface area contributed by atoms with Crippen LogP contribution in [0.25, 0.3) is 0 Å². The van der Waals surface area contributed by atoms with E-state index in [9.17, 15) is 9.59 Å². The second kappa shape index (κ2) is 9.63. The smallest absolute Gasteiger partial charge is 0.305 e. The zero-order valence-electron chi connectivity index (χ0n) is 20.4. The molecule has 36 heavy (non-hydrogen) atoms. The molecule has 4 unspecified atom stereocenters. The van der Waals surface area contributed by atoms with E-state index in [1.54, 1.807) is 0 Å². The third kappa shape index (κ3) is 4.24. The highest BCUT2D eigenvalue weighted by atomic mass is 32.2. The zero-order chi connectivity index (χ0) is 24.8. The van der Waals surface area contributed by atoms with Gasteiger partial charge in [-0.3, -0.25) is 9.59 Å². The number of amides is 1. The number of hydrogen-bond donors (Lipinski definition) is 2. The fourth-order valence-corrected chi connectivity index (χ4v) is 9.26. The van der Waals surface area contributed by atoms with E-state index < -0.39 is 0 Å². The van der Waals surface area contributed by atoms with Crippen LogP contribution >= 0.6 is 23.1 Å². The first-order valence-corrected chi connectivity index (χ1v) is 14.4. The predicted octanol–water partition coefficient (Wildman–Crippen LogP) is 5.81. The van der Waals surface area contributed by atoms with Gasteiger partial charge in [-0.15, -0.1) is 11.8 Å². The van der Waals surface area contributed by atoms with E-state index in [0.29, 0.717) is 35.2 Å². The van der Waals surface area contributed by atoms with E-state index in [4.69, 9.17) is 9.47 Å². The van der Waals surface area contributed by atoms with Crippen molar-refractivity contribution in [3.63, 3.8) is 0 Å². The van der Waals surface area contributed by atoms with Gasteiger partial charge in [0, 0.05) is 21.7 Å². The maximum atomic E-state index is 12.5. The fraction of sp³-hybridized carbons (Fsp3) is 0.429. The molecular weight excluding hydrogens is 492 g/mol. The molecule has 2 aliphatic carbocycles. The minimum absolute atomic E-state index is 0.0227. The molecule has 1 aromatic heterocycles. The maximum Gasteiger partial charge on any atom is 0.305 e. The van der Waals surface area contributed by atoms with Gasteiger partial charge in [0.15, 0.2) is 18.1 Å². The number of carbonyl (C=O) groups excluding carboxylic acids is 1. The van der Waals surface area contributed by atoms with E-state index in [1.807, 2.05) is 55.9 Å². The van der Waals surface area contributed by atoms with E-state index >= 15 is 0 Å². The highest BCUT2D eigenvalue weighted by Gasteiger charge is 2.54. The molecule has 2 saturated carbocycles. The number of thiazole rings is 1. The second-order valence-electron chi connectivity index (χ2n) is 9.97. The topological polar surface area (TPSA) is 80.4 Å². The molecule has 1 amide bonds. The molecule has 3 aromatic rings. The number of hydrogen-bond acceptors (Lipinski definition) is 6. The number of aromatic nitrogens is 1. The van der Waals surface area contributed by atoms with Crippen molar-refractivity contribution in [1.82, 2.24) is 4.98 Å². The Morgan fingerprint density at radius 1 is 1.11 bits per heavy atom. The Morgan fingerprint density at radius 3 is 2.78 bits per heavy atom. The third-order valence-corrected chi connectivity index (χ3v) is 10.5. The average molecular weight is 523 g/mol. The molecule has 5 atom stereocenters. The third-order valence-electron chi connectivity index (χ3n) is 7.87. The van der Waals surface area contributed by atoms with Crippen molar-refractivity contribution in [1.29, 1.82) is 0 Å². The Labute approximate surface area is 218 Å². The number of anilines is 1. The summed E-state index contributed by atoms with van der Waals surface area (Å²) < 4.78 is 11.9. The van der Waals surface area contributed by atoms with Crippen molar-refractivity contribution in [2.75, 3.05) is 18.5 Å². The van der Waals surface area contributed by atoms with Crippen LogP contribution in [0.5, 0.6) is 11.5 Å². The van der Waals surface area contributed by atoms with Gasteiger partial charge in [-0.05, 0) is 80.2 Å². The fourth-order valence-electron chi connectivity index (χ4n) is 6.37. The summed E-state index contributed by atoms with van der Waals surface area (Å²) >= 11 is 3.25. The van der Waals surface area contributed by atoms with Gasteiger partial charge in [-0.1, -0.05) is 35.6 Å². The van der Waals surface area contributed by atoms with Gasteiger partial charge < -0.3 is 19.8 Å². The zero-order valence-corrected chi connectivity index (χ0v) is 22.0. The second-order valence-corrected chi connectivity index (χ2v) is 12.2. The molecule has 6 nitrogen and oxygen atoms in total. The Morgan fingerprint density at radius 2 is 1.94 bits per heavy atom. The van der Waals surface area contributed by atoms with Gasteiger partial charge in [0.25, 0.3) is 5.91 Å². The van der Waals surface area contributed by atoms with E-state index in [2.05, 4.69) is 22.4 Å². The molecule has 6 rings (SSSR count). The summed E-state index contributed by atoms with van der Waals surface area (Å²) in [6.07, 6.45) is 3.89. The van der Waals surface area contributed by atoms with Crippen LogP contribution < -0.4 is 19.7 Å². The van der Waals surface area contributed by atoms with Crippen LogP contribution in [-0.4, -0.2) is 29.4 Å². The number of rotatable bonds is 7. The molecular formula is C28H30N2O4S2. The minimum Gasteiger partial charge on any atom is -0.490 e. The average Bonchev–Trinajstić information content (AvgIpc) is 3.58. The van der Waals surface area contributed by atoms with Crippen molar-refractivity contribution >= 4 is 34.7 Å². The van der Waals surface area contributed by atoms with Crippen LogP contribution in [0, 0.1) is 24.7 Å². The number of benzene rings is 2. The summed E-state index contributed by atoms with van der Waals surface area (Å²) in [7, 11) is 0. The first-order chi connectivity index (χ1) is 17.5. The molecule has 2 fully saturated rings. The number of aromatic amines is 1. The summed E-state index contributed by atoms with van der Waals surface area (Å²) in [6.45, 7) is 4.29. The predicted molar refractivity (Wildman–Crippen MR) is 144 cm³/mol. The monoisotopic (exact) mass is 522 g/mol. The highest BCUT2D eigenvalue weighted by Crippen LogP contribution is 2.63. The van der Waals surface area contributed by atoms with E-state index in [-0.39, 0.29) is 23.3 Å². The summed E-state index contributed by atoms with van der Waals surface area (Å²) in [6, 6.07) is 13.7. The van der Waals surface area contributed by atoms with E-state index in [1.165, 1.54) is 30.6 Å². The Balaban J connectivity index is 1.26. The molecule has 2 N–H and O–H groups in total. The molecule has 1 aliphatic heterocycles. The van der Waals surface area contributed by atoms with Gasteiger partial charge in [-0.2, -0.15) is 0 Å². The van der Waals surface area contributed by atoms with Crippen LogP contribution in [-0.2, 0) is 4.79 Å². The van der Waals surface area contributed by atoms with Crippen LogP contribution in [0.2, 0.25) is 0 Å². The lowest BCUT2D eigenvalue weighted by molar-refractivity contribution is -0.118. The molecule has 2 heterocycles. The van der Waals surface area contributed by atoms with Gasteiger partial charge in [0.05, 0.1) is 11.6 Å². The molecule has 3 aliphatic rings. The van der Waals surface area contributed by atoms with Crippen molar-refractivity contribution in [3.8, 4) is 11.5 Å². The highest BCUT2D eigenvalue weighted by molar-refractivity contribution is 8.00. The molecule has 8 heteroatoms. The number of nitrogens with one attached hydrogen (secondary N) is 2. The van der Waals surface area contributed by atoms with Crippen molar-refractivity contribution < 1.29 is 14.3 Å². The molecule has 0 spiro atoms. The molecule has 0 radical (unpaired) electrons. The summed E-state index contributed by atoms with van der Waals surface area (Å²) in [4.78, 5) is 29.2. The minimum atomic E-state index is -0.216. The SMILES string of the molecule is CCOc1cc([C@H]2c3sc(=O)[nH]c3SC3C4CCC(C4)C32)ccc1OCC(=O)Nc1ccccc1C. The lowest BCUT2D eigenvalue weighted by Gasteiger charge is -2.40. The lowest BCUT2D eigenvalue weighted by Crippen LogP contribution is -2.33. The maximum absolute atomic E-state index is 12.5. The summed E-state index contributed by atoms with van der Waals surface area (Å²) in [5.74, 6) is 3.15. The first kappa shape index (κ1) is 23.7. The summed E-state index contributed by atoms with van der Waals surface area (Å²) in [5.41, 5.74) is 2.94. The number of H-pyrrole nitrogens is 1. The number of carbonyl (C=O) groups is 1. The largest absolute Gasteiger partial charge is 0.490 e. The Hall–Kier alpha value is -2.71. The van der Waals surface area contributed by atoms with Gasteiger partial charge >= 0.3 is 4.87 Å². The number of para-hydroxylation sites is 1. The Kier molecular flexibility index (Phi) is 6.33. The van der Waals surface area contributed by atoms with Crippen LogP contribution in [0.3, 0.4) is 0 Å². The first-order valence-electron chi connectivity index (χ1n) is 12.7. The molecule has 2 bridgehead atoms. The van der Waals surface area contributed by atoms with Crippen LogP contribution in [0.4, 0.5) is 5.69 Å². The van der Waals surface area contributed by atoms with Gasteiger partial charge in [0.1, 0.15) is 0 Å². The number of ether oxygens (including phenoxy) is 2. The van der Waals surface area contributed by atoms with Crippen molar-refractivity contribution in [2.24, 2.45) is 17.8 Å².